The van der Waals surface area contributed by atoms with Crippen LogP contribution in [0.4, 0.5) is 0 Å². The molecule has 9 heteroatoms. The van der Waals surface area contributed by atoms with Crippen molar-refractivity contribution in [2.75, 3.05) is 13.2 Å². The van der Waals surface area contributed by atoms with E-state index in [1.807, 2.05) is 18.2 Å². The van der Waals surface area contributed by atoms with Gasteiger partial charge in [0.15, 0.2) is 28.7 Å². The van der Waals surface area contributed by atoms with Crippen molar-refractivity contribution in [1.29, 1.82) is 0 Å². The summed E-state index contributed by atoms with van der Waals surface area (Å²) in [5, 5.41) is 7.63. The van der Waals surface area contributed by atoms with E-state index in [4.69, 9.17) is 27.7 Å². The van der Waals surface area contributed by atoms with E-state index in [0.717, 1.165) is 5.56 Å². The molecular formula is C20H14N2O7. The van der Waals surface area contributed by atoms with Gasteiger partial charge in [-0.1, -0.05) is 10.3 Å². The quantitative estimate of drug-likeness (QED) is 0.468. The first-order valence-electron chi connectivity index (χ1n) is 8.79. The number of benzene rings is 1. The van der Waals surface area contributed by atoms with E-state index in [1.54, 1.807) is 18.2 Å². The number of carbonyl (C=O) groups excluding carboxylic acids is 1. The Morgan fingerprint density at radius 3 is 2.66 bits per heavy atom. The highest BCUT2D eigenvalue weighted by Gasteiger charge is 2.18. The summed E-state index contributed by atoms with van der Waals surface area (Å²) in [5.41, 5.74) is 1.27. The van der Waals surface area contributed by atoms with Gasteiger partial charge in [-0.15, -0.1) is 0 Å². The van der Waals surface area contributed by atoms with Crippen molar-refractivity contribution >= 4 is 5.97 Å². The summed E-state index contributed by atoms with van der Waals surface area (Å²) in [7, 11) is 0. The molecule has 1 aliphatic heterocycles. The van der Waals surface area contributed by atoms with Gasteiger partial charge in [-0.3, -0.25) is 0 Å². The number of carbonyl (C=O) groups is 1. The van der Waals surface area contributed by atoms with Crippen LogP contribution in [0.15, 0.2) is 62.2 Å². The summed E-state index contributed by atoms with van der Waals surface area (Å²) in [6, 6.07) is 12.0. The molecule has 0 amide bonds. The number of hydrogen-bond acceptors (Lipinski definition) is 9. The Hall–Kier alpha value is -4.01. The van der Waals surface area contributed by atoms with Crippen LogP contribution in [0.5, 0.6) is 11.5 Å². The van der Waals surface area contributed by atoms with Crippen LogP contribution >= 0.6 is 0 Å². The van der Waals surface area contributed by atoms with Gasteiger partial charge in [0.05, 0.1) is 6.26 Å². The molecule has 0 aliphatic carbocycles. The number of hydrogen-bond donors (Lipinski definition) is 0. The Bertz CT molecular complexity index is 1140. The molecule has 0 fully saturated rings. The zero-order chi connectivity index (χ0) is 19.6. The van der Waals surface area contributed by atoms with E-state index in [0.29, 0.717) is 47.7 Å². The summed E-state index contributed by atoms with van der Waals surface area (Å²) in [5.74, 6) is 2.03. The molecular weight excluding hydrogens is 380 g/mol. The molecule has 0 atom stereocenters. The molecule has 1 aromatic carbocycles. The lowest BCUT2D eigenvalue weighted by Gasteiger charge is -2.18. The second kappa shape index (κ2) is 7.19. The van der Waals surface area contributed by atoms with E-state index in [9.17, 15) is 4.79 Å². The molecule has 146 valence electrons. The van der Waals surface area contributed by atoms with E-state index < -0.39 is 5.97 Å². The van der Waals surface area contributed by atoms with Gasteiger partial charge in [0.2, 0.25) is 5.76 Å². The number of nitrogens with zero attached hydrogens (tertiary/aromatic N) is 2. The average molecular weight is 394 g/mol. The van der Waals surface area contributed by atoms with Crippen LogP contribution in [0.1, 0.15) is 16.2 Å². The van der Waals surface area contributed by atoms with Gasteiger partial charge in [0.25, 0.3) is 0 Å². The van der Waals surface area contributed by atoms with Crippen molar-refractivity contribution in [3.63, 3.8) is 0 Å². The molecule has 3 aromatic heterocycles. The van der Waals surface area contributed by atoms with Crippen LogP contribution in [-0.4, -0.2) is 29.5 Å². The third-order valence-electron chi connectivity index (χ3n) is 4.22. The molecule has 0 saturated heterocycles. The van der Waals surface area contributed by atoms with Crippen LogP contribution in [0.2, 0.25) is 0 Å². The van der Waals surface area contributed by atoms with Crippen molar-refractivity contribution in [3.05, 3.63) is 60.1 Å². The van der Waals surface area contributed by atoms with Crippen molar-refractivity contribution < 1.29 is 32.5 Å². The molecule has 0 unspecified atom stereocenters. The molecule has 9 nitrogen and oxygen atoms in total. The fraction of sp³-hybridized carbons (Fsp3) is 0.150. The predicted molar refractivity (Wildman–Crippen MR) is 96.3 cm³/mol. The molecule has 4 aromatic rings. The lowest BCUT2D eigenvalue weighted by molar-refractivity contribution is 0.0452. The lowest BCUT2D eigenvalue weighted by Crippen LogP contribution is -2.15. The summed E-state index contributed by atoms with van der Waals surface area (Å²) in [6.45, 7) is 0.951. The standard InChI is InChI=1S/C20H14N2O7/c23-20(14-10-19(29-22-14)15-2-1-5-24-15)27-11-13-9-17(28-21-13)12-3-4-16-18(8-12)26-7-6-25-16/h1-5,8-10H,6-7,11H2. The van der Waals surface area contributed by atoms with E-state index in [1.165, 1.54) is 12.3 Å². The zero-order valence-electron chi connectivity index (χ0n) is 15.0. The first kappa shape index (κ1) is 17.1. The predicted octanol–water partition coefficient (Wildman–Crippen LogP) is 3.72. The summed E-state index contributed by atoms with van der Waals surface area (Å²) < 4.78 is 31.9. The average Bonchev–Trinajstić information content (AvgIpc) is 3.52. The minimum absolute atomic E-state index is 0.0342. The Balaban J connectivity index is 1.24. The SMILES string of the molecule is O=C(OCc1cc(-c2ccc3c(c2)OCCO3)on1)c1cc(-c2ccco2)on1. The number of aromatic nitrogens is 2. The fourth-order valence-corrected chi connectivity index (χ4v) is 2.83. The highest BCUT2D eigenvalue weighted by molar-refractivity contribution is 5.88. The van der Waals surface area contributed by atoms with Crippen molar-refractivity contribution in [2.24, 2.45) is 0 Å². The van der Waals surface area contributed by atoms with Crippen molar-refractivity contribution in [2.45, 2.75) is 6.61 Å². The van der Waals surface area contributed by atoms with E-state index >= 15 is 0 Å². The zero-order valence-corrected chi connectivity index (χ0v) is 15.0. The first-order valence-corrected chi connectivity index (χ1v) is 8.79. The maximum Gasteiger partial charge on any atom is 0.360 e. The van der Waals surface area contributed by atoms with Gasteiger partial charge < -0.3 is 27.7 Å². The number of rotatable bonds is 5. The topological polar surface area (TPSA) is 110 Å². The molecule has 0 saturated carbocycles. The van der Waals surface area contributed by atoms with E-state index in [2.05, 4.69) is 10.3 Å². The number of esters is 1. The van der Waals surface area contributed by atoms with Gasteiger partial charge >= 0.3 is 5.97 Å². The Morgan fingerprint density at radius 1 is 0.931 bits per heavy atom. The first-order chi connectivity index (χ1) is 14.3. The summed E-state index contributed by atoms with van der Waals surface area (Å²) in [4.78, 5) is 12.2. The highest BCUT2D eigenvalue weighted by Crippen LogP contribution is 2.34. The van der Waals surface area contributed by atoms with Crippen LogP contribution in [0.3, 0.4) is 0 Å². The third-order valence-corrected chi connectivity index (χ3v) is 4.22. The molecule has 5 rings (SSSR count). The smallest absolute Gasteiger partial charge is 0.360 e. The molecule has 0 bridgehead atoms. The van der Waals surface area contributed by atoms with Crippen LogP contribution in [0.25, 0.3) is 22.8 Å². The van der Waals surface area contributed by atoms with E-state index in [-0.39, 0.29) is 12.3 Å². The number of ether oxygens (including phenoxy) is 3. The Kier molecular flexibility index (Phi) is 4.24. The molecule has 4 heterocycles. The lowest BCUT2D eigenvalue weighted by atomic mass is 10.1. The van der Waals surface area contributed by atoms with Crippen molar-refractivity contribution in [1.82, 2.24) is 10.3 Å². The summed E-state index contributed by atoms with van der Waals surface area (Å²) >= 11 is 0. The minimum Gasteiger partial charge on any atom is -0.486 e. The summed E-state index contributed by atoms with van der Waals surface area (Å²) in [6.07, 6.45) is 1.50. The Morgan fingerprint density at radius 2 is 1.79 bits per heavy atom. The maximum atomic E-state index is 12.2. The monoisotopic (exact) mass is 394 g/mol. The molecule has 0 spiro atoms. The molecule has 0 N–H and O–H groups in total. The highest BCUT2D eigenvalue weighted by atomic mass is 16.6. The molecule has 1 aliphatic rings. The van der Waals surface area contributed by atoms with Gasteiger partial charge in [-0.2, -0.15) is 0 Å². The second-order valence-corrected chi connectivity index (χ2v) is 6.17. The third kappa shape index (κ3) is 3.45. The van der Waals surface area contributed by atoms with Gasteiger partial charge in [-0.25, -0.2) is 4.79 Å². The molecule has 0 radical (unpaired) electrons. The van der Waals surface area contributed by atoms with Crippen molar-refractivity contribution in [3.8, 4) is 34.3 Å². The van der Waals surface area contributed by atoms with Crippen LogP contribution in [-0.2, 0) is 11.3 Å². The second-order valence-electron chi connectivity index (χ2n) is 6.17. The number of furan rings is 1. The maximum absolute atomic E-state index is 12.2. The molecule has 29 heavy (non-hydrogen) atoms. The Labute approximate surface area is 163 Å². The number of fused-ring (bicyclic) bond motifs is 1. The van der Waals surface area contributed by atoms with Crippen LogP contribution in [0, 0.1) is 0 Å². The van der Waals surface area contributed by atoms with Gasteiger partial charge in [0.1, 0.15) is 25.5 Å². The fourth-order valence-electron chi connectivity index (χ4n) is 2.83. The largest absolute Gasteiger partial charge is 0.486 e. The minimum atomic E-state index is -0.643. The van der Waals surface area contributed by atoms with Gasteiger partial charge in [0, 0.05) is 17.7 Å². The van der Waals surface area contributed by atoms with Gasteiger partial charge in [-0.05, 0) is 30.3 Å². The normalized spacial score (nSPS) is 12.7. The van der Waals surface area contributed by atoms with Crippen LogP contribution < -0.4 is 9.47 Å².